The van der Waals surface area contributed by atoms with Crippen LogP contribution in [0.1, 0.15) is 32.8 Å². The SMILES string of the molecule is CCC(C)(C)NC(=O)CNc1cccc(F)c1C#N. The normalized spacial score (nSPS) is 10.7. The van der Waals surface area contributed by atoms with Gasteiger partial charge in [0.15, 0.2) is 0 Å². The fraction of sp³-hybridized carbons (Fsp3) is 0.429. The number of hydrogen-bond acceptors (Lipinski definition) is 3. The first-order valence-corrected chi connectivity index (χ1v) is 6.13. The molecule has 0 aliphatic carbocycles. The number of rotatable bonds is 5. The largest absolute Gasteiger partial charge is 0.375 e. The number of nitriles is 1. The molecule has 0 saturated carbocycles. The molecule has 0 saturated heterocycles. The minimum absolute atomic E-state index is 0.00155. The number of anilines is 1. The first kappa shape index (κ1) is 15.0. The first-order chi connectivity index (χ1) is 8.89. The van der Waals surface area contributed by atoms with Crippen molar-refractivity contribution < 1.29 is 9.18 Å². The van der Waals surface area contributed by atoms with Gasteiger partial charge in [0.25, 0.3) is 0 Å². The van der Waals surface area contributed by atoms with Gasteiger partial charge in [-0.05, 0) is 32.4 Å². The highest BCUT2D eigenvalue weighted by Gasteiger charge is 2.17. The summed E-state index contributed by atoms with van der Waals surface area (Å²) in [5.74, 6) is -0.790. The van der Waals surface area contributed by atoms with Crippen molar-refractivity contribution in [2.24, 2.45) is 0 Å². The Bertz CT molecular complexity index is 506. The first-order valence-electron chi connectivity index (χ1n) is 6.13. The Hall–Kier alpha value is -2.09. The molecule has 0 unspecified atom stereocenters. The van der Waals surface area contributed by atoms with Crippen LogP contribution in [0.2, 0.25) is 0 Å². The van der Waals surface area contributed by atoms with Crippen LogP contribution in [0, 0.1) is 17.1 Å². The summed E-state index contributed by atoms with van der Waals surface area (Å²) < 4.78 is 13.3. The maximum absolute atomic E-state index is 13.3. The van der Waals surface area contributed by atoms with E-state index in [-0.39, 0.29) is 23.6 Å². The lowest BCUT2D eigenvalue weighted by atomic mass is 10.0. The quantitative estimate of drug-likeness (QED) is 0.857. The summed E-state index contributed by atoms with van der Waals surface area (Å²) in [5, 5.41) is 14.5. The van der Waals surface area contributed by atoms with E-state index < -0.39 is 5.82 Å². The second-order valence-corrected chi connectivity index (χ2v) is 4.91. The van der Waals surface area contributed by atoms with E-state index >= 15 is 0 Å². The summed E-state index contributed by atoms with van der Waals surface area (Å²) in [4.78, 5) is 11.7. The van der Waals surface area contributed by atoms with Gasteiger partial charge in [-0.25, -0.2) is 4.39 Å². The van der Waals surface area contributed by atoms with Crippen LogP contribution in [0.5, 0.6) is 0 Å². The van der Waals surface area contributed by atoms with Gasteiger partial charge in [0.05, 0.1) is 12.2 Å². The van der Waals surface area contributed by atoms with Gasteiger partial charge >= 0.3 is 0 Å². The number of nitrogens with zero attached hydrogens (tertiary/aromatic N) is 1. The second-order valence-electron chi connectivity index (χ2n) is 4.91. The van der Waals surface area contributed by atoms with Gasteiger partial charge in [-0.15, -0.1) is 0 Å². The molecular formula is C14H18FN3O. The van der Waals surface area contributed by atoms with Crippen molar-refractivity contribution in [2.75, 3.05) is 11.9 Å². The molecule has 0 atom stereocenters. The molecule has 102 valence electrons. The predicted molar refractivity (Wildman–Crippen MR) is 72.1 cm³/mol. The Morgan fingerprint density at radius 3 is 2.74 bits per heavy atom. The molecule has 0 heterocycles. The Morgan fingerprint density at radius 2 is 2.16 bits per heavy atom. The fourth-order valence-corrected chi connectivity index (χ4v) is 1.47. The number of nitrogens with one attached hydrogen (secondary N) is 2. The van der Waals surface area contributed by atoms with Crippen LogP contribution in [0.15, 0.2) is 18.2 Å². The maximum atomic E-state index is 13.3. The van der Waals surface area contributed by atoms with Crippen molar-refractivity contribution in [1.29, 1.82) is 5.26 Å². The number of halogens is 1. The van der Waals surface area contributed by atoms with E-state index in [0.29, 0.717) is 5.69 Å². The van der Waals surface area contributed by atoms with E-state index in [2.05, 4.69) is 10.6 Å². The lowest BCUT2D eigenvalue weighted by Crippen LogP contribution is -2.45. The lowest BCUT2D eigenvalue weighted by Gasteiger charge is -2.24. The average Bonchev–Trinajstić information content (AvgIpc) is 2.36. The third-order valence-corrected chi connectivity index (χ3v) is 2.93. The Balaban J connectivity index is 2.66. The zero-order chi connectivity index (χ0) is 14.5. The van der Waals surface area contributed by atoms with Crippen LogP contribution in [0.25, 0.3) is 0 Å². The van der Waals surface area contributed by atoms with E-state index in [0.717, 1.165) is 6.42 Å². The summed E-state index contributed by atoms with van der Waals surface area (Å²) in [5.41, 5.74) is -0.0318. The number of benzene rings is 1. The highest BCUT2D eigenvalue weighted by atomic mass is 19.1. The topological polar surface area (TPSA) is 64.9 Å². The average molecular weight is 263 g/mol. The second kappa shape index (κ2) is 6.19. The zero-order valence-corrected chi connectivity index (χ0v) is 11.4. The van der Waals surface area contributed by atoms with Crippen molar-refractivity contribution >= 4 is 11.6 Å². The summed E-state index contributed by atoms with van der Waals surface area (Å²) in [6.45, 7) is 5.83. The van der Waals surface area contributed by atoms with E-state index in [1.54, 1.807) is 12.1 Å². The summed E-state index contributed by atoms with van der Waals surface area (Å²) in [6, 6.07) is 6.05. The molecule has 1 rings (SSSR count). The molecule has 0 bridgehead atoms. The van der Waals surface area contributed by atoms with E-state index in [4.69, 9.17) is 5.26 Å². The van der Waals surface area contributed by atoms with Gasteiger partial charge in [-0.1, -0.05) is 13.0 Å². The van der Waals surface area contributed by atoms with Gasteiger partial charge in [-0.3, -0.25) is 4.79 Å². The molecule has 5 heteroatoms. The molecular weight excluding hydrogens is 245 g/mol. The molecule has 1 amide bonds. The van der Waals surface area contributed by atoms with E-state index in [1.807, 2.05) is 20.8 Å². The van der Waals surface area contributed by atoms with Crippen molar-refractivity contribution in [3.05, 3.63) is 29.6 Å². The van der Waals surface area contributed by atoms with Crippen LogP contribution in [-0.2, 0) is 4.79 Å². The number of carbonyl (C=O) groups excluding carboxylic acids is 1. The fourth-order valence-electron chi connectivity index (χ4n) is 1.47. The van der Waals surface area contributed by atoms with Crippen molar-refractivity contribution in [3.63, 3.8) is 0 Å². The van der Waals surface area contributed by atoms with E-state index in [9.17, 15) is 9.18 Å². The summed E-state index contributed by atoms with van der Waals surface area (Å²) >= 11 is 0. The Morgan fingerprint density at radius 1 is 1.47 bits per heavy atom. The predicted octanol–water partition coefficient (Wildman–Crippen LogP) is 2.41. The van der Waals surface area contributed by atoms with E-state index in [1.165, 1.54) is 12.1 Å². The molecule has 1 aromatic carbocycles. The molecule has 0 aliphatic rings. The number of amides is 1. The van der Waals surface area contributed by atoms with Gasteiger partial charge in [-0.2, -0.15) is 5.26 Å². The van der Waals surface area contributed by atoms with Crippen molar-refractivity contribution in [2.45, 2.75) is 32.7 Å². The third-order valence-electron chi connectivity index (χ3n) is 2.93. The van der Waals surface area contributed by atoms with Gasteiger partial charge < -0.3 is 10.6 Å². The summed E-state index contributed by atoms with van der Waals surface area (Å²) in [7, 11) is 0. The molecule has 19 heavy (non-hydrogen) atoms. The molecule has 1 aromatic rings. The van der Waals surface area contributed by atoms with Gasteiger partial charge in [0.1, 0.15) is 17.4 Å². The lowest BCUT2D eigenvalue weighted by molar-refractivity contribution is -0.121. The summed E-state index contributed by atoms with van der Waals surface area (Å²) in [6.07, 6.45) is 0.808. The highest BCUT2D eigenvalue weighted by molar-refractivity contribution is 5.81. The van der Waals surface area contributed by atoms with Crippen LogP contribution < -0.4 is 10.6 Å². The molecule has 0 fully saturated rings. The smallest absolute Gasteiger partial charge is 0.239 e. The zero-order valence-electron chi connectivity index (χ0n) is 11.4. The van der Waals surface area contributed by atoms with Crippen LogP contribution in [0.4, 0.5) is 10.1 Å². The molecule has 0 aliphatic heterocycles. The highest BCUT2D eigenvalue weighted by Crippen LogP contribution is 2.17. The molecule has 0 radical (unpaired) electrons. The standard InChI is InChI=1S/C14H18FN3O/c1-4-14(2,3)18-13(19)9-17-12-7-5-6-11(15)10(12)8-16/h5-7,17H,4,9H2,1-3H3,(H,18,19). The van der Waals surface area contributed by atoms with Crippen molar-refractivity contribution in [3.8, 4) is 6.07 Å². The van der Waals surface area contributed by atoms with Crippen LogP contribution >= 0.6 is 0 Å². The van der Waals surface area contributed by atoms with Crippen LogP contribution in [0.3, 0.4) is 0 Å². The number of hydrogen-bond donors (Lipinski definition) is 2. The van der Waals surface area contributed by atoms with Crippen molar-refractivity contribution in [1.82, 2.24) is 5.32 Å². The molecule has 0 spiro atoms. The van der Waals surface area contributed by atoms with Gasteiger partial charge in [0.2, 0.25) is 5.91 Å². The Labute approximate surface area is 112 Å². The number of carbonyl (C=O) groups is 1. The molecule has 2 N–H and O–H groups in total. The minimum atomic E-state index is -0.596. The molecule has 4 nitrogen and oxygen atoms in total. The Kier molecular flexibility index (Phi) is 4.87. The van der Waals surface area contributed by atoms with Gasteiger partial charge in [0, 0.05) is 5.54 Å². The monoisotopic (exact) mass is 263 g/mol. The third kappa shape index (κ3) is 4.25. The van der Waals surface area contributed by atoms with Crippen LogP contribution in [-0.4, -0.2) is 18.0 Å². The minimum Gasteiger partial charge on any atom is -0.375 e. The maximum Gasteiger partial charge on any atom is 0.239 e. The molecule has 0 aromatic heterocycles.